The number of rotatable bonds is 7. The molecule has 24 heavy (non-hydrogen) atoms. The smallest absolute Gasteiger partial charge is 0.251 e. The summed E-state index contributed by atoms with van der Waals surface area (Å²) >= 11 is 0. The van der Waals surface area contributed by atoms with Crippen LogP contribution in [0.3, 0.4) is 0 Å². The number of hydrogen-bond acceptors (Lipinski definition) is 3. The number of carbonyl (C=O) groups excluding carboxylic acids is 1. The van der Waals surface area contributed by atoms with Gasteiger partial charge in [0.25, 0.3) is 5.91 Å². The summed E-state index contributed by atoms with van der Waals surface area (Å²) in [5, 5.41) is 2.97. The van der Waals surface area contributed by atoms with Crippen molar-refractivity contribution in [1.29, 1.82) is 0 Å². The number of amides is 1. The van der Waals surface area contributed by atoms with E-state index in [1.165, 1.54) is 5.69 Å². The van der Waals surface area contributed by atoms with Gasteiger partial charge in [-0.3, -0.25) is 4.79 Å². The third kappa shape index (κ3) is 4.51. The van der Waals surface area contributed by atoms with E-state index in [1.807, 2.05) is 43.3 Å². The molecular formula is C20H27N3O. The van der Waals surface area contributed by atoms with Gasteiger partial charge < -0.3 is 15.1 Å². The fourth-order valence-electron chi connectivity index (χ4n) is 2.61. The average molecular weight is 325 g/mol. The summed E-state index contributed by atoms with van der Waals surface area (Å²) in [7, 11) is 3.97. The normalized spacial score (nSPS) is 10.3. The summed E-state index contributed by atoms with van der Waals surface area (Å²) in [6.45, 7) is 6.83. The minimum atomic E-state index is -0.0480. The average Bonchev–Trinajstić information content (AvgIpc) is 2.62. The van der Waals surface area contributed by atoms with Crippen molar-refractivity contribution in [3.63, 3.8) is 0 Å². The van der Waals surface area contributed by atoms with Gasteiger partial charge in [0.1, 0.15) is 0 Å². The van der Waals surface area contributed by atoms with E-state index in [4.69, 9.17) is 0 Å². The van der Waals surface area contributed by atoms with Crippen LogP contribution in [0.1, 0.15) is 29.8 Å². The molecule has 0 saturated heterocycles. The second-order valence-corrected chi connectivity index (χ2v) is 5.96. The molecule has 2 aromatic rings. The first-order chi connectivity index (χ1) is 11.5. The summed E-state index contributed by atoms with van der Waals surface area (Å²) in [6.07, 6.45) is 0. The zero-order chi connectivity index (χ0) is 17.5. The maximum absolute atomic E-state index is 12.2. The second kappa shape index (κ2) is 8.39. The summed E-state index contributed by atoms with van der Waals surface area (Å²) in [4.78, 5) is 16.5. The molecule has 0 fully saturated rings. The summed E-state index contributed by atoms with van der Waals surface area (Å²) in [6, 6.07) is 16.0. The van der Waals surface area contributed by atoms with E-state index in [9.17, 15) is 4.79 Å². The number of nitrogens with zero attached hydrogens (tertiary/aromatic N) is 2. The van der Waals surface area contributed by atoms with Crippen LogP contribution in [0, 0.1) is 0 Å². The predicted octanol–water partition coefficient (Wildman–Crippen LogP) is 3.53. The molecule has 0 aromatic heterocycles. The van der Waals surface area contributed by atoms with Gasteiger partial charge in [0.2, 0.25) is 0 Å². The highest BCUT2D eigenvalue weighted by molar-refractivity contribution is 5.94. The van der Waals surface area contributed by atoms with Crippen molar-refractivity contribution in [2.24, 2.45) is 0 Å². The predicted molar refractivity (Wildman–Crippen MR) is 102 cm³/mol. The zero-order valence-electron chi connectivity index (χ0n) is 15.0. The summed E-state index contributed by atoms with van der Waals surface area (Å²) in [5.74, 6) is -0.0480. The Bertz CT molecular complexity index is 644. The van der Waals surface area contributed by atoms with Crippen LogP contribution >= 0.6 is 0 Å². The SMILES string of the molecule is CCN(CC)c1ccc(CNC(=O)c2ccc(N(C)C)cc2)cc1. The molecule has 1 amide bonds. The van der Waals surface area contributed by atoms with Crippen LogP contribution in [-0.2, 0) is 6.54 Å². The van der Waals surface area contributed by atoms with Crippen LogP contribution in [-0.4, -0.2) is 33.1 Å². The molecule has 0 aliphatic rings. The van der Waals surface area contributed by atoms with E-state index in [0.717, 1.165) is 24.3 Å². The highest BCUT2D eigenvalue weighted by atomic mass is 16.1. The van der Waals surface area contributed by atoms with E-state index < -0.39 is 0 Å². The number of benzene rings is 2. The van der Waals surface area contributed by atoms with Crippen LogP contribution in [0.2, 0.25) is 0 Å². The lowest BCUT2D eigenvalue weighted by atomic mass is 10.1. The zero-order valence-corrected chi connectivity index (χ0v) is 15.0. The number of carbonyl (C=O) groups is 1. The van der Waals surface area contributed by atoms with Crippen molar-refractivity contribution >= 4 is 17.3 Å². The molecule has 0 atom stereocenters. The first kappa shape index (κ1) is 17.9. The molecule has 0 unspecified atom stereocenters. The van der Waals surface area contributed by atoms with Crippen molar-refractivity contribution in [2.45, 2.75) is 20.4 Å². The topological polar surface area (TPSA) is 35.6 Å². The van der Waals surface area contributed by atoms with E-state index in [2.05, 4.69) is 48.3 Å². The third-order valence-corrected chi connectivity index (χ3v) is 4.16. The third-order valence-electron chi connectivity index (χ3n) is 4.16. The van der Waals surface area contributed by atoms with Gasteiger partial charge in [-0.25, -0.2) is 0 Å². The van der Waals surface area contributed by atoms with Crippen LogP contribution in [0.25, 0.3) is 0 Å². The van der Waals surface area contributed by atoms with Gasteiger partial charge in [0.15, 0.2) is 0 Å². The van der Waals surface area contributed by atoms with Gasteiger partial charge in [-0.15, -0.1) is 0 Å². The molecule has 2 aromatic carbocycles. The van der Waals surface area contributed by atoms with Gasteiger partial charge in [0.05, 0.1) is 0 Å². The monoisotopic (exact) mass is 325 g/mol. The van der Waals surface area contributed by atoms with Crippen LogP contribution in [0.15, 0.2) is 48.5 Å². The van der Waals surface area contributed by atoms with E-state index in [-0.39, 0.29) is 5.91 Å². The van der Waals surface area contributed by atoms with Gasteiger partial charge in [-0.2, -0.15) is 0 Å². The number of hydrogen-bond donors (Lipinski definition) is 1. The Labute approximate surface area is 145 Å². The molecule has 0 spiro atoms. The molecule has 0 radical (unpaired) electrons. The van der Waals surface area contributed by atoms with Crippen molar-refractivity contribution in [2.75, 3.05) is 37.0 Å². The number of anilines is 2. The quantitative estimate of drug-likeness (QED) is 0.846. The Kier molecular flexibility index (Phi) is 6.24. The molecule has 0 saturated carbocycles. The minimum Gasteiger partial charge on any atom is -0.378 e. The van der Waals surface area contributed by atoms with Crippen molar-refractivity contribution in [1.82, 2.24) is 5.32 Å². The minimum absolute atomic E-state index is 0.0480. The molecule has 2 rings (SSSR count). The summed E-state index contributed by atoms with van der Waals surface area (Å²) < 4.78 is 0. The molecule has 0 aliphatic carbocycles. The Morgan fingerprint density at radius 2 is 1.42 bits per heavy atom. The molecular weight excluding hydrogens is 298 g/mol. The Morgan fingerprint density at radius 3 is 1.92 bits per heavy atom. The molecule has 0 bridgehead atoms. The summed E-state index contributed by atoms with van der Waals surface area (Å²) in [5.41, 5.74) is 4.08. The lowest BCUT2D eigenvalue weighted by molar-refractivity contribution is 0.0951. The standard InChI is InChI=1S/C20H27N3O/c1-5-23(6-2)19-11-7-16(8-12-19)15-21-20(24)17-9-13-18(14-10-17)22(3)4/h7-14H,5-6,15H2,1-4H3,(H,21,24). The van der Waals surface area contributed by atoms with Crippen LogP contribution in [0.4, 0.5) is 11.4 Å². The second-order valence-electron chi connectivity index (χ2n) is 5.96. The van der Waals surface area contributed by atoms with Crippen molar-refractivity contribution < 1.29 is 4.79 Å². The fourth-order valence-corrected chi connectivity index (χ4v) is 2.61. The first-order valence-electron chi connectivity index (χ1n) is 8.44. The van der Waals surface area contributed by atoms with E-state index in [1.54, 1.807) is 0 Å². The van der Waals surface area contributed by atoms with E-state index >= 15 is 0 Å². The highest BCUT2D eigenvalue weighted by Gasteiger charge is 2.06. The fraction of sp³-hybridized carbons (Fsp3) is 0.350. The Balaban J connectivity index is 1.93. The van der Waals surface area contributed by atoms with Gasteiger partial charge in [0, 0.05) is 50.7 Å². The first-order valence-corrected chi connectivity index (χ1v) is 8.44. The lowest BCUT2D eigenvalue weighted by Crippen LogP contribution is -2.23. The molecule has 0 aliphatic heterocycles. The number of nitrogens with one attached hydrogen (secondary N) is 1. The highest BCUT2D eigenvalue weighted by Crippen LogP contribution is 2.15. The Morgan fingerprint density at radius 1 is 0.875 bits per heavy atom. The van der Waals surface area contributed by atoms with Gasteiger partial charge in [-0.05, 0) is 55.8 Å². The molecule has 4 heteroatoms. The molecule has 4 nitrogen and oxygen atoms in total. The molecule has 1 N–H and O–H groups in total. The Hall–Kier alpha value is -2.49. The molecule has 128 valence electrons. The maximum Gasteiger partial charge on any atom is 0.251 e. The van der Waals surface area contributed by atoms with Crippen LogP contribution < -0.4 is 15.1 Å². The lowest BCUT2D eigenvalue weighted by Gasteiger charge is -2.21. The van der Waals surface area contributed by atoms with Crippen LogP contribution in [0.5, 0.6) is 0 Å². The van der Waals surface area contributed by atoms with Crippen molar-refractivity contribution in [3.8, 4) is 0 Å². The van der Waals surface area contributed by atoms with Gasteiger partial charge in [-0.1, -0.05) is 12.1 Å². The largest absolute Gasteiger partial charge is 0.378 e. The molecule has 0 heterocycles. The van der Waals surface area contributed by atoms with Crippen molar-refractivity contribution in [3.05, 3.63) is 59.7 Å². The van der Waals surface area contributed by atoms with E-state index in [0.29, 0.717) is 12.1 Å². The van der Waals surface area contributed by atoms with Gasteiger partial charge >= 0.3 is 0 Å². The maximum atomic E-state index is 12.2.